The Morgan fingerprint density at radius 3 is 2.62 bits per heavy atom. The van der Waals surface area contributed by atoms with E-state index in [1.807, 2.05) is 0 Å². The fourth-order valence-corrected chi connectivity index (χ4v) is 1.97. The van der Waals surface area contributed by atoms with Gasteiger partial charge in [0.2, 0.25) is 5.91 Å². The van der Waals surface area contributed by atoms with Crippen molar-refractivity contribution in [1.82, 2.24) is 0 Å². The lowest BCUT2D eigenvalue weighted by molar-refractivity contribution is -0.116. The molecule has 21 heavy (non-hydrogen) atoms. The van der Waals surface area contributed by atoms with Crippen LogP contribution in [0.25, 0.3) is 0 Å². The van der Waals surface area contributed by atoms with Gasteiger partial charge in [0.05, 0.1) is 24.4 Å². The maximum absolute atomic E-state index is 11.8. The maximum Gasteiger partial charge on any atom is 0.341 e. The first-order valence-corrected chi connectivity index (χ1v) is 7.35. The van der Waals surface area contributed by atoms with Crippen LogP contribution in [0.4, 0.5) is 5.69 Å². The van der Waals surface area contributed by atoms with Crippen LogP contribution < -0.4 is 10.1 Å². The molecule has 0 aliphatic carbocycles. The van der Waals surface area contributed by atoms with E-state index in [0.717, 1.165) is 0 Å². The Kier molecular flexibility index (Phi) is 7.32. The Labute approximate surface area is 133 Å². The van der Waals surface area contributed by atoms with Crippen LogP contribution in [0, 0.1) is 0 Å². The molecule has 1 aromatic rings. The lowest BCUT2D eigenvalue weighted by atomic mass is 10.1. The molecule has 0 unspecified atom stereocenters. The average Bonchev–Trinajstić information content (AvgIpc) is 2.47. The second-order valence-corrected chi connectivity index (χ2v) is 4.88. The summed E-state index contributed by atoms with van der Waals surface area (Å²) in [4.78, 5) is 23.5. The lowest BCUT2D eigenvalue weighted by Gasteiger charge is -2.12. The summed E-state index contributed by atoms with van der Waals surface area (Å²) < 4.78 is 10.1. The van der Waals surface area contributed by atoms with Crippen molar-refractivity contribution in [2.75, 3.05) is 24.9 Å². The smallest absolute Gasteiger partial charge is 0.341 e. The van der Waals surface area contributed by atoms with Crippen molar-refractivity contribution in [2.45, 2.75) is 19.8 Å². The van der Waals surface area contributed by atoms with E-state index in [0.29, 0.717) is 24.4 Å². The fraction of sp³-hybridized carbons (Fsp3) is 0.429. The standard InChI is InChI=1S/C14H17Cl2NO4/c1-3-21-14(19)9-7-10(16)11(8-12(9)20-2)17-13(18)5-4-6-15/h7-8H,3-6H2,1-2H3,(H,17,18). The number of methoxy groups -OCH3 is 1. The summed E-state index contributed by atoms with van der Waals surface area (Å²) in [6.45, 7) is 1.95. The minimum absolute atomic E-state index is 0.205. The normalized spacial score (nSPS) is 10.1. The lowest BCUT2D eigenvalue weighted by Crippen LogP contribution is -2.13. The summed E-state index contributed by atoms with van der Waals surface area (Å²) in [5.74, 6) is -0.0445. The van der Waals surface area contributed by atoms with Gasteiger partial charge in [0.25, 0.3) is 0 Å². The molecule has 0 atom stereocenters. The second-order valence-electron chi connectivity index (χ2n) is 4.09. The Hall–Kier alpha value is -1.46. The van der Waals surface area contributed by atoms with Crippen LogP contribution in [0.3, 0.4) is 0 Å². The highest BCUT2D eigenvalue weighted by Crippen LogP contribution is 2.31. The van der Waals surface area contributed by atoms with E-state index in [1.54, 1.807) is 6.92 Å². The third-order valence-corrected chi connectivity index (χ3v) is 3.18. The van der Waals surface area contributed by atoms with Crippen LogP contribution in [-0.4, -0.2) is 31.5 Å². The van der Waals surface area contributed by atoms with Gasteiger partial charge in [-0.15, -0.1) is 11.6 Å². The highest BCUT2D eigenvalue weighted by molar-refractivity contribution is 6.34. The Bertz CT molecular complexity index is 520. The molecule has 1 aromatic carbocycles. The number of hydrogen-bond donors (Lipinski definition) is 1. The van der Waals surface area contributed by atoms with Crippen LogP contribution in [0.5, 0.6) is 5.75 Å². The Balaban J connectivity index is 2.98. The molecular weight excluding hydrogens is 317 g/mol. The van der Waals surface area contributed by atoms with Crippen molar-refractivity contribution in [3.63, 3.8) is 0 Å². The van der Waals surface area contributed by atoms with Crippen LogP contribution in [0.1, 0.15) is 30.1 Å². The zero-order valence-corrected chi connectivity index (χ0v) is 13.4. The Morgan fingerprint density at radius 2 is 2.05 bits per heavy atom. The SMILES string of the molecule is CCOC(=O)c1cc(Cl)c(NC(=O)CCCCl)cc1OC. The zero-order valence-electron chi connectivity index (χ0n) is 11.9. The number of amides is 1. The minimum atomic E-state index is -0.531. The number of carbonyl (C=O) groups is 2. The van der Waals surface area contributed by atoms with E-state index in [4.69, 9.17) is 32.7 Å². The number of hydrogen-bond acceptors (Lipinski definition) is 4. The molecule has 116 valence electrons. The Morgan fingerprint density at radius 1 is 1.33 bits per heavy atom. The third-order valence-electron chi connectivity index (χ3n) is 2.60. The molecule has 0 heterocycles. The summed E-state index contributed by atoms with van der Waals surface area (Å²) in [5, 5.41) is 2.89. The fourth-order valence-electron chi connectivity index (χ4n) is 1.63. The first kappa shape index (κ1) is 17.6. The van der Waals surface area contributed by atoms with E-state index in [2.05, 4.69) is 5.32 Å². The van der Waals surface area contributed by atoms with Gasteiger partial charge in [0, 0.05) is 18.4 Å². The number of alkyl halides is 1. The minimum Gasteiger partial charge on any atom is -0.496 e. The van der Waals surface area contributed by atoms with E-state index in [9.17, 15) is 9.59 Å². The van der Waals surface area contributed by atoms with Crippen LogP contribution in [0.15, 0.2) is 12.1 Å². The van der Waals surface area contributed by atoms with Gasteiger partial charge < -0.3 is 14.8 Å². The van der Waals surface area contributed by atoms with Crippen molar-refractivity contribution in [3.8, 4) is 5.75 Å². The summed E-state index contributed by atoms with van der Waals surface area (Å²) in [6, 6.07) is 2.91. The van der Waals surface area contributed by atoms with Gasteiger partial charge in [0.15, 0.2) is 0 Å². The van der Waals surface area contributed by atoms with Crippen molar-refractivity contribution >= 4 is 40.8 Å². The molecule has 1 N–H and O–H groups in total. The van der Waals surface area contributed by atoms with Gasteiger partial charge >= 0.3 is 5.97 Å². The molecule has 1 rings (SSSR count). The van der Waals surface area contributed by atoms with Gasteiger partial charge in [-0.3, -0.25) is 4.79 Å². The average molecular weight is 334 g/mol. The van der Waals surface area contributed by atoms with Crippen LogP contribution in [0.2, 0.25) is 5.02 Å². The summed E-state index contributed by atoms with van der Waals surface area (Å²) in [5.41, 5.74) is 0.587. The first-order chi connectivity index (χ1) is 10.0. The molecule has 7 heteroatoms. The number of benzene rings is 1. The van der Waals surface area contributed by atoms with Gasteiger partial charge in [0.1, 0.15) is 11.3 Å². The van der Waals surface area contributed by atoms with E-state index < -0.39 is 5.97 Å². The van der Waals surface area contributed by atoms with Crippen LogP contribution >= 0.6 is 23.2 Å². The van der Waals surface area contributed by atoms with Gasteiger partial charge in [-0.1, -0.05) is 11.6 Å². The predicted molar refractivity (Wildman–Crippen MR) is 82.5 cm³/mol. The molecule has 0 aliphatic heterocycles. The number of esters is 1. The largest absolute Gasteiger partial charge is 0.496 e. The molecule has 0 spiro atoms. The third kappa shape index (κ3) is 5.10. The topological polar surface area (TPSA) is 64.6 Å². The van der Waals surface area contributed by atoms with Crippen molar-refractivity contribution in [3.05, 3.63) is 22.7 Å². The molecule has 0 saturated heterocycles. The van der Waals surface area contributed by atoms with Gasteiger partial charge in [-0.25, -0.2) is 4.79 Å². The molecule has 0 aliphatic rings. The quantitative estimate of drug-likeness (QED) is 0.612. The molecule has 5 nitrogen and oxygen atoms in total. The zero-order chi connectivity index (χ0) is 15.8. The van der Waals surface area contributed by atoms with Gasteiger partial charge in [-0.2, -0.15) is 0 Å². The summed E-state index contributed by atoms with van der Waals surface area (Å²) in [7, 11) is 1.42. The highest BCUT2D eigenvalue weighted by atomic mass is 35.5. The summed E-state index contributed by atoms with van der Waals surface area (Å²) >= 11 is 11.6. The van der Waals surface area contributed by atoms with Crippen molar-refractivity contribution in [2.24, 2.45) is 0 Å². The van der Waals surface area contributed by atoms with E-state index >= 15 is 0 Å². The van der Waals surface area contributed by atoms with Gasteiger partial charge in [-0.05, 0) is 19.4 Å². The number of rotatable bonds is 7. The second kappa shape index (κ2) is 8.74. The molecule has 1 amide bonds. The highest BCUT2D eigenvalue weighted by Gasteiger charge is 2.17. The summed E-state index contributed by atoms with van der Waals surface area (Å²) in [6.07, 6.45) is 0.866. The number of ether oxygens (including phenoxy) is 2. The molecule has 0 aromatic heterocycles. The van der Waals surface area contributed by atoms with E-state index in [-0.39, 0.29) is 28.8 Å². The van der Waals surface area contributed by atoms with E-state index in [1.165, 1.54) is 19.2 Å². The molecule has 0 radical (unpaired) electrons. The number of halogens is 2. The molecule has 0 saturated carbocycles. The number of anilines is 1. The van der Waals surface area contributed by atoms with Crippen molar-refractivity contribution < 1.29 is 19.1 Å². The van der Waals surface area contributed by atoms with Crippen LogP contribution in [-0.2, 0) is 9.53 Å². The molecular formula is C14H17Cl2NO4. The first-order valence-electron chi connectivity index (χ1n) is 6.44. The molecule has 0 bridgehead atoms. The number of nitrogens with one attached hydrogen (secondary N) is 1. The van der Waals surface area contributed by atoms with Crippen molar-refractivity contribution in [1.29, 1.82) is 0 Å². The predicted octanol–water partition coefficient (Wildman–Crippen LogP) is 3.48. The monoisotopic (exact) mass is 333 g/mol. The maximum atomic E-state index is 11.8. The number of carbonyl (C=O) groups excluding carboxylic acids is 2. The molecule has 0 fully saturated rings.